The molecule has 1 aliphatic rings. The van der Waals surface area contributed by atoms with Gasteiger partial charge in [-0.15, -0.1) is 0 Å². The monoisotopic (exact) mass is 380 g/mol. The van der Waals surface area contributed by atoms with Crippen molar-refractivity contribution >= 4 is 18.2 Å². The van der Waals surface area contributed by atoms with Crippen LogP contribution < -0.4 is 10.6 Å². The van der Waals surface area contributed by atoms with Gasteiger partial charge in [0.05, 0.1) is 23.8 Å². The third-order valence-electron chi connectivity index (χ3n) is 4.07. The summed E-state index contributed by atoms with van der Waals surface area (Å²) in [5.74, 6) is 0. The summed E-state index contributed by atoms with van der Waals surface area (Å²) in [6, 6.07) is 8.27. The fourth-order valence-corrected chi connectivity index (χ4v) is 2.88. The Bertz CT molecular complexity index is 846. The molecule has 0 aliphatic carbocycles. The van der Waals surface area contributed by atoms with Gasteiger partial charge in [-0.3, -0.25) is 9.69 Å². The highest BCUT2D eigenvalue weighted by molar-refractivity contribution is 5.60. The molecular weight excluding hydrogens is 344 g/mol. The molecule has 2 aromatic rings. The van der Waals surface area contributed by atoms with E-state index in [1.54, 1.807) is 0 Å². The number of hydrogen-bond donors (Lipinski definition) is 0. The molecule has 0 N–H and O–H groups in total. The summed E-state index contributed by atoms with van der Waals surface area (Å²) in [7, 11) is 0. The first-order valence-electron chi connectivity index (χ1n) is 10.4. The van der Waals surface area contributed by atoms with Gasteiger partial charge in [-0.1, -0.05) is 70.7 Å². The van der Waals surface area contributed by atoms with Gasteiger partial charge in [-0.2, -0.15) is 10.2 Å². The second-order valence-electron chi connectivity index (χ2n) is 6.19. The first-order valence-corrected chi connectivity index (χ1v) is 10.4. The highest BCUT2D eigenvalue weighted by atomic mass is 15.4. The Morgan fingerprint density at radius 2 is 1.82 bits per heavy atom. The van der Waals surface area contributed by atoms with Gasteiger partial charge in [0.1, 0.15) is 0 Å². The average Bonchev–Trinajstić information content (AvgIpc) is 3.12. The summed E-state index contributed by atoms with van der Waals surface area (Å²) < 4.78 is 1.99. The fraction of sp³-hybridized carbons (Fsp3) is 0.417. The van der Waals surface area contributed by atoms with Crippen molar-refractivity contribution in [3.05, 3.63) is 65.0 Å². The Hall–Kier alpha value is -2.62. The Labute approximate surface area is 170 Å². The van der Waals surface area contributed by atoms with E-state index in [9.17, 15) is 0 Å². The van der Waals surface area contributed by atoms with Crippen molar-refractivity contribution in [2.45, 2.75) is 54.0 Å². The fourth-order valence-electron chi connectivity index (χ4n) is 2.88. The van der Waals surface area contributed by atoms with Crippen LogP contribution in [-0.4, -0.2) is 27.9 Å². The van der Waals surface area contributed by atoms with Crippen LogP contribution in [0.25, 0.3) is 18.2 Å². The first-order chi connectivity index (χ1) is 13.7. The van der Waals surface area contributed by atoms with Crippen LogP contribution in [-0.2, 0) is 6.54 Å². The maximum absolute atomic E-state index is 4.54. The summed E-state index contributed by atoms with van der Waals surface area (Å²) in [6.07, 6.45) is 12.3. The smallest absolute Gasteiger partial charge is 0.0901 e. The highest BCUT2D eigenvalue weighted by Crippen LogP contribution is 2.12. The van der Waals surface area contributed by atoms with Crippen LogP contribution in [0.2, 0.25) is 0 Å². The zero-order valence-electron chi connectivity index (χ0n) is 18.2. The van der Waals surface area contributed by atoms with Gasteiger partial charge in [0, 0.05) is 18.7 Å². The lowest BCUT2D eigenvalue weighted by molar-refractivity contribution is 0.311. The van der Waals surface area contributed by atoms with E-state index in [0.717, 1.165) is 49.1 Å². The summed E-state index contributed by atoms with van der Waals surface area (Å²) in [4.78, 5) is 0. The number of nitrogens with zero attached hydrogens (tertiary/aromatic N) is 4. The van der Waals surface area contributed by atoms with Crippen molar-refractivity contribution in [3.63, 3.8) is 0 Å². The number of allylic oxidation sites excluding steroid dienone is 1. The summed E-state index contributed by atoms with van der Waals surface area (Å²) in [6.45, 7) is 17.1. The van der Waals surface area contributed by atoms with Crippen LogP contribution in [0, 0.1) is 0 Å². The quantitative estimate of drug-likeness (QED) is 0.726. The molecule has 1 aliphatic heterocycles. The number of rotatable bonds is 6. The molecule has 0 saturated heterocycles. The molecule has 4 heteroatoms. The topological polar surface area (TPSA) is 33.4 Å². The number of fused-ring (bicyclic) bond motifs is 1. The van der Waals surface area contributed by atoms with Crippen LogP contribution in [0.1, 0.15) is 58.7 Å². The van der Waals surface area contributed by atoms with Gasteiger partial charge in [-0.05, 0) is 37.1 Å². The van der Waals surface area contributed by atoms with Crippen molar-refractivity contribution in [3.8, 4) is 0 Å². The molecule has 28 heavy (non-hydrogen) atoms. The largest absolute Gasteiger partial charge is 0.293 e. The Kier molecular flexibility index (Phi) is 11.3. The second kappa shape index (κ2) is 13.5. The van der Waals surface area contributed by atoms with Gasteiger partial charge in [-0.25, -0.2) is 0 Å². The predicted octanol–water partition coefficient (Wildman–Crippen LogP) is 4.72. The van der Waals surface area contributed by atoms with Gasteiger partial charge >= 0.3 is 0 Å². The lowest BCUT2D eigenvalue weighted by Gasteiger charge is -2.18. The zero-order chi connectivity index (χ0) is 20.8. The third kappa shape index (κ3) is 6.84. The van der Waals surface area contributed by atoms with Crippen molar-refractivity contribution in [1.29, 1.82) is 0 Å². The molecule has 0 saturated carbocycles. The minimum Gasteiger partial charge on any atom is -0.293 e. The normalized spacial score (nSPS) is 12.0. The van der Waals surface area contributed by atoms with E-state index in [1.807, 2.05) is 49.9 Å². The van der Waals surface area contributed by atoms with Crippen molar-refractivity contribution in [2.24, 2.45) is 5.10 Å². The summed E-state index contributed by atoms with van der Waals surface area (Å²) >= 11 is 0. The Morgan fingerprint density at radius 3 is 2.46 bits per heavy atom. The van der Waals surface area contributed by atoms with Crippen molar-refractivity contribution < 1.29 is 0 Å². The number of aromatic nitrogens is 2. The van der Waals surface area contributed by atoms with Crippen molar-refractivity contribution in [1.82, 2.24) is 14.8 Å². The van der Waals surface area contributed by atoms with Gasteiger partial charge in [0.2, 0.25) is 0 Å². The molecule has 4 nitrogen and oxygen atoms in total. The average molecular weight is 381 g/mol. The predicted molar refractivity (Wildman–Crippen MR) is 122 cm³/mol. The molecule has 0 amide bonds. The standard InChI is InChI=1S/C11H14N2.C11H16N2.C2H6/c1-2-8-13-9-7-10-5-3-4-6-11(10)12-13;1-4-7-10-9-12-13(8-5-2)11(10)6-3;1-2/h3-7H,2,8-9H2,1H3;4,6-7,9H,3,5,8H2,1-2H3;1-2H3/b;7-4-;. The van der Waals surface area contributed by atoms with E-state index < -0.39 is 0 Å². The molecule has 0 fully saturated rings. The van der Waals surface area contributed by atoms with Crippen LogP contribution >= 0.6 is 0 Å². The maximum Gasteiger partial charge on any atom is 0.0901 e. The Morgan fingerprint density at radius 1 is 1.11 bits per heavy atom. The van der Waals surface area contributed by atoms with E-state index in [-0.39, 0.29) is 0 Å². The van der Waals surface area contributed by atoms with Gasteiger partial charge in [0.15, 0.2) is 0 Å². The number of hydrogen-bond acceptors (Lipinski definition) is 3. The highest BCUT2D eigenvalue weighted by Gasteiger charge is 2.03. The second-order valence-corrected chi connectivity index (χ2v) is 6.19. The van der Waals surface area contributed by atoms with Gasteiger partial charge in [0.25, 0.3) is 0 Å². The molecule has 3 rings (SSSR count). The molecule has 152 valence electrons. The minimum atomic E-state index is 0.949. The van der Waals surface area contributed by atoms with Gasteiger partial charge < -0.3 is 0 Å². The number of aryl methyl sites for hydroxylation is 1. The molecular formula is C24H36N4. The van der Waals surface area contributed by atoms with E-state index in [1.165, 1.54) is 5.22 Å². The number of benzene rings is 1. The van der Waals surface area contributed by atoms with Crippen molar-refractivity contribution in [2.75, 3.05) is 13.1 Å². The molecule has 0 spiro atoms. The lowest BCUT2D eigenvalue weighted by Crippen LogP contribution is -2.36. The SMILES string of the molecule is C=Cc1c(/C=C\C)cnn1CCC.CC.CCCN1CC=c2ccccc2=N1. The first kappa shape index (κ1) is 23.4. The van der Waals surface area contributed by atoms with E-state index in [2.05, 4.69) is 66.0 Å². The molecule has 0 bridgehead atoms. The molecule has 0 radical (unpaired) electrons. The molecule has 1 aromatic carbocycles. The van der Waals surface area contributed by atoms with E-state index >= 15 is 0 Å². The molecule has 0 atom stereocenters. The minimum absolute atomic E-state index is 0.949. The third-order valence-corrected chi connectivity index (χ3v) is 4.07. The summed E-state index contributed by atoms with van der Waals surface area (Å²) in [5.41, 5.74) is 2.26. The van der Waals surface area contributed by atoms with Crippen LogP contribution in [0.4, 0.5) is 0 Å². The molecule has 0 unspecified atom stereocenters. The van der Waals surface area contributed by atoms with E-state index in [4.69, 9.17) is 0 Å². The lowest BCUT2D eigenvalue weighted by atomic mass is 10.2. The van der Waals surface area contributed by atoms with Crippen LogP contribution in [0.15, 0.2) is 48.2 Å². The maximum atomic E-state index is 4.54. The van der Waals surface area contributed by atoms with Crippen LogP contribution in [0.5, 0.6) is 0 Å². The van der Waals surface area contributed by atoms with E-state index in [0.29, 0.717) is 0 Å². The summed E-state index contributed by atoms with van der Waals surface area (Å²) in [5, 5.41) is 13.3. The molecule has 1 aromatic heterocycles. The molecule has 2 heterocycles. The zero-order valence-corrected chi connectivity index (χ0v) is 18.2. The van der Waals surface area contributed by atoms with Crippen LogP contribution in [0.3, 0.4) is 0 Å². The Balaban J connectivity index is 0.000000257.